The molecule has 0 amide bonds. The second-order valence-corrected chi connectivity index (χ2v) is 6.65. The first kappa shape index (κ1) is 14.0. The fourth-order valence-electron chi connectivity index (χ4n) is 2.03. The number of aromatic nitrogens is 1. The number of anilines is 1. The van der Waals surface area contributed by atoms with Gasteiger partial charge >= 0.3 is 0 Å². The fourth-order valence-corrected chi connectivity index (χ4v) is 2.48. The number of benzene rings is 1. The van der Waals surface area contributed by atoms with Crippen molar-refractivity contribution in [2.45, 2.75) is 25.5 Å². The van der Waals surface area contributed by atoms with E-state index in [-0.39, 0.29) is 5.25 Å². The molecule has 1 N–H and O–H groups in total. The largest absolute Gasteiger partial charge is 0.384 e. The van der Waals surface area contributed by atoms with Gasteiger partial charge in [-0.2, -0.15) is 0 Å². The fraction of sp³-hybridized carbons (Fsp3) is 0.400. The molecule has 0 fully saturated rings. The van der Waals surface area contributed by atoms with Crippen LogP contribution in [-0.4, -0.2) is 27.2 Å². The SMILES string of the molecule is Cc1cc(NCCC(C)S(C)=O)c2ccccc2n1. The molecular weight excluding hydrogens is 256 g/mol. The molecule has 0 aliphatic heterocycles. The summed E-state index contributed by atoms with van der Waals surface area (Å²) in [6.45, 7) is 4.85. The average Bonchev–Trinajstić information content (AvgIpc) is 2.38. The quantitative estimate of drug-likeness (QED) is 0.912. The van der Waals surface area contributed by atoms with Gasteiger partial charge in [0.05, 0.1) is 5.52 Å². The van der Waals surface area contributed by atoms with Gasteiger partial charge in [-0.1, -0.05) is 25.1 Å². The van der Waals surface area contributed by atoms with Gasteiger partial charge in [-0.05, 0) is 25.5 Å². The maximum absolute atomic E-state index is 11.3. The second-order valence-electron chi connectivity index (χ2n) is 4.85. The lowest BCUT2D eigenvalue weighted by molar-refractivity contribution is 0.672. The summed E-state index contributed by atoms with van der Waals surface area (Å²) in [4.78, 5) is 4.52. The molecule has 2 aromatic rings. The lowest BCUT2D eigenvalue weighted by atomic mass is 10.1. The van der Waals surface area contributed by atoms with Crippen LogP contribution in [0.3, 0.4) is 0 Å². The molecule has 0 bridgehead atoms. The highest BCUT2D eigenvalue weighted by atomic mass is 32.2. The van der Waals surface area contributed by atoms with Gasteiger partial charge in [0.15, 0.2) is 0 Å². The van der Waals surface area contributed by atoms with Gasteiger partial charge in [0.1, 0.15) is 0 Å². The molecule has 0 aliphatic rings. The van der Waals surface area contributed by atoms with Crippen LogP contribution in [0.25, 0.3) is 10.9 Å². The van der Waals surface area contributed by atoms with Crippen molar-refractivity contribution in [2.24, 2.45) is 0 Å². The highest BCUT2D eigenvalue weighted by Gasteiger charge is 2.07. The van der Waals surface area contributed by atoms with Crippen LogP contribution in [0.1, 0.15) is 19.0 Å². The minimum atomic E-state index is -0.752. The van der Waals surface area contributed by atoms with Crippen LogP contribution >= 0.6 is 0 Å². The maximum Gasteiger partial charge on any atom is 0.0725 e. The molecule has 2 atom stereocenters. The minimum absolute atomic E-state index is 0.224. The molecule has 1 heterocycles. The third kappa shape index (κ3) is 3.53. The van der Waals surface area contributed by atoms with Gasteiger partial charge in [0.2, 0.25) is 0 Å². The monoisotopic (exact) mass is 276 g/mol. The van der Waals surface area contributed by atoms with Gasteiger partial charge in [0.25, 0.3) is 0 Å². The van der Waals surface area contributed by atoms with Crippen LogP contribution in [0.4, 0.5) is 5.69 Å². The Bertz CT molecular complexity index is 598. The highest BCUT2D eigenvalue weighted by molar-refractivity contribution is 7.84. The summed E-state index contributed by atoms with van der Waals surface area (Å²) in [5.74, 6) is 0. The predicted octanol–water partition coefficient (Wildman–Crippen LogP) is 3.11. The van der Waals surface area contributed by atoms with E-state index in [1.54, 1.807) is 6.26 Å². The molecule has 1 aromatic carbocycles. The molecule has 102 valence electrons. The maximum atomic E-state index is 11.3. The van der Waals surface area contributed by atoms with E-state index >= 15 is 0 Å². The van der Waals surface area contributed by atoms with Crippen molar-refractivity contribution < 1.29 is 4.21 Å². The van der Waals surface area contributed by atoms with Crippen molar-refractivity contribution in [1.82, 2.24) is 4.98 Å². The van der Waals surface area contributed by atoms with E-state index in [4.69, 9.17) is 0 Å². The Morgan fingerprint density at radius 2 is 2.11 bits per heavy atom. The molecule has 2 rings (SSSR count). The van der Waals surface area contributed by atoms with Crippen molar-refractivity contribution in [3.63, 3.8) is 0 Å². The van der Waals surface area contributed by atoms with Gasteiger partial charge in [-0.15, -0.1) is 0 Å². The van der Waals surface area contributed by atoms with E-state index in [0.29, 0.717) is 0 Å². The molecule has 3 nitrogen and oxygen atoms in total. The third-order valence-electron chi connectivity index (χ3n) is 3.28. The molecule has 0 aliphatic carbocycles. The van der Waals surface area contributed by atoms with Gasteiger partial charge in [-0.25, -0.2) is 0 Å². The number of fused-ring (bicyclic) bond motifs is 1. The van der Waals surface area contributed by atoms with Crippen molar-refractivity contribution in [2.75, 3.05) is 18.1 Å². The summed E-state index contributed by atoms with van der Waals surface area (Å²) in [5.41, 5.74) is 3.13. The summed E-state index contributed by atoms with van der Waals surface area (Å²) in [6, 6.07) is 10.2. The molecule has 2 unspecified atom stereocenters. The lowest BCUT2D eigenvalue weighted by Gasteiger charge is -2.12. The van der Waals surface area contributed by atoms with Crippen LogP contribution in [0.15, 0.2) is 30.3 Å². The predicted molar refractivity (Wildman–Crippen MR) is 83.1 cm³/mol. The molecular formula is C15H20N2OS. The molecule has 0 spiro atoms. The summed E-state index contributed by atoms with van der Waals surface area (Å²) in [6.07, 6.45) is 2.66. The zero-order valence-electron chi connectivity index (χ0n) is 11.6. The zero-order valence-corrected chi connectivity index (χ0v) is 12.5. The molecule has 0 saturated heterocycles. The Kier molecular flexibility index (Phi) is 4.53. The summed E-state index contributed by atoms with van der Waals surface area (Å²) < 4.78 is 11.3. The minimum Gasteiger partial charge on any atom is -0.384 e. The smallest absolute Gasteiger partial charge is 0.0725 e. The molecule has 0 radical (unpaired) electrons. The Morgan fingerprint density at radius 1 is 1.37 bits per heavy atom. The number of nitrogens with zero attached hydrogens (tertiary/aromatic N) is 1. The lowest BCUT2D eigenvalue weighted by Crippen LogP contribution is -2.15. The second kappa shape index (κ2) is 6.15. The van der Waals surface area contributed by atoms with Crippen molar-refractivity contribution >= 4 is 27.4 Å². The topological polar surface area (TPSA) is 42.0 Å². The van der Waals surface area contributed by atoms with E-state index in [2.05, 4.69) is 22.4 Å². The number of hydrogen-bond donors (Lipinski definition) is 1. The number of rotatable bonds is 5. The summed E-state index contributed by atoms with van der Waals surface area (Å²) in [5, 5.41) is 4.80. The van der Waals surface area contributed by atoms with E-state index in [0.717, 1.165) is 35.2 Å². The number of hydrogen-bond acceptors (Lipinski definition) is 3. The summed E-state index contributed by atoms with van der Waals surface area (Å²) >= 11 is 0. The highest BCUT2D eigenvalue weighted by Crippen LogP contribution is 2.22. The standard InChI is InChI=1S/C15H20N2OS/c1-11-10-15(16-9-8-12(2)19(3)18)13-6-4-5-7-14(13)17-11/h4-7,10,12H,8-9H2,1-3H3,(H,16,17). The van der Waals surface area contributed by atoms with E-state index < -0.39 is 10.8 Å². The Labute approximate surface area is 116 Å². The average molecular weight is 276 g/mol. The van der Waals surface area contributed by atoms with Crippen LogP contribution < -0.4 is 5.32 Å². The molecule has 1 aromatic heterocycles. The zero-order chi connectivity index (χ0) is 13.8. The first-order chi connectivity index (χ1) is 9.08. The number of para-hydroxylation sites is 1. The van der Waals surface area contributed by atoms with Crippen LogP contribution in [-0.2, 0) is 10.8 Å². The molecule has 0 saturated carbocycles. The molecule has 19 heavy (non-hydrogen) atoms. The van der Waals surface area contributed by atoms with Crippen molar-refractivity contribution in [1.29, 1.82) is 0 Å². The Morgan fingerprint density at radius 3 is 2.84 bits per heavy atom. The van der Waals surface area contributed by atoms with E-state index in [1.807, 2.05) is 32.0 Å². The Balaban J connectivity index is 2.14. The van der Waals surface area contributed by atoms with Crippen molar-refractivity contribution in [3.8, 4) is 0 Å². The number of aryl methyl sites for hydroxylation is 1. The summed E-state index contributed by atoms with van der Waals surface area (Å²) in [7, 11) is -0.752. The van der Waals surface area contributed by atoms with Crippen LogP contribution in [0, 0.1) is 6.92 Å². The number of nitrogens with one attached hydrogen (secondary N) is 1. The molecule has 4 heteroatoms. The van der Waals surface area contributed by atoms with Crippen LogP contribution in [0.2, 0.25) is 0 Å². The number of pyridine rings is 1. The van der Waals surface area contributed by atoms with Gasteiger partial charge in [0, 0.05) is 45.6 Å². The normalized spacial score (nSPS) is 14.3. The van der Waals surface area contributed by atoms with Crippen LogP contribution in [0.5, 0.6) is 0 Å². The van der Waals surface area contributed by atoms with Gasteiger partial charge in [-0.3, -0.25) is 9.19 Å². The third-order valence-corrected chi connectivity index (χ3v) is 4.65. The van der Waals surface area contributed by atoms with E-state index in [9.17, 15) is 4.21 Å². The van der Waals surface area contributed by atoms with Gasteiger partial charge < -0.3 is 5.32 Å². The first-order valence-corrected chi connectivity index (χ1v) is 8.12. The van der Waals surface area contributed by atoms with Crippen molar-refractivity contribution in [3.05, 3.63) is 36.0 Å². The Hall–Kier alpha value is -1.42. The van der Waals surface area contributed by atoms with E-state index in [1.165, 1.54) is 0 Å². The first-order valence-electron chi connectivity index (χ1n) is 6.50.